The van der Waals surface area contributed by atoms with Gasteiger partial charge in [0.2, 0.25) is 5.89 Å². The molecular weight excluding hydrogens is 428 g/mol. The molecule has 0 aliphatic heterocycles. The number of benzene rings is 2. The molecule has 31 heavy (non-hydrogen) atoms. The number of nitrogens with zero attached hydrogens (tertiary/aromatic N) is 4. The van der Waals surface area contributed by atoms with Crippen LogP contribution in [0.4, 0.5) is 14.5 Å². The van der Waals surface area contributed by atoms with Gasteiger partial charge in [-0.05, 0) is 44.2 Å². The van der Waals surface area contributed by atoms with Crippen LogP contribution in [0.25, 0.3) is 11.5 Å². The second kappa shape index (κ2) is 8.27. The van der Waals surface area contributed by atoms with Gasteiger partial charge in [0.25, 0.3) is 5.91 Å². The summed E-state index contributed by atoms with van der Waals surface area (Å²) in [6.07, 6.45) is 0. The number of oxazole rings is 1. The van der Waals surface area contributed by atoms with E-state index < -0.39 is 17.5 Å². The molecule has 4 rings (SSSR count). The maximum absolute atomic E-state index is 13.4. The Bertz CT molecular complexity index is 1280. The minimum absolute atomic E-state index is 0.0564. The molecule has 0 unspecified atom stereocenters. The topological polar surface area (TPSA) is 85.8 Å². The number of aryl methyl sites for hydroxylation is 1. The summed E-state index contributed by atoms with van der Waals surface area (Å²) >= 11 is 6.03. The molecule has 2 aromatic carbocycles. The zero-order valence-electron chi connectivity index (χ0n) is 16.5. The van der Waals surface area contributed by atoms with Gasteiger partial charge in [-0.25, -0.2) is 18.4 Å². The predicted octanol–water partition coefficient (Wildman–Crippen LogP) is 4.78. The predicted molar refractivity (Wildman–Crippen MR) is 110 cm³/mol. The Kier molecular flexibility index (Phi) is 5.51. The van der Waals surface area contributed by atoms with E-state index in [0.29, 0.717) is 28.1 Å². The first-order valence-electron chi connectivity index (χ1n) is 9.20. The zero-order valence-corrected chi connectivity index (χ0v) is 17.2. The number of carbonyl (C=O) groups is 1. The number of anilines is 1. The highest BCUT2D eigenvalue weighted by molar-refractivity contribution is 6.30. The van der Waals surface area contributed by atoms with E-state index in [2.05, 4.69) is 20.6 Å². The summed E-state index contributed by atoms with van der Waals surface area (Å²) in [6, 6.07) is 10.2. The number of amides is 1. The van der Waals surface area contributed by atoms with Crippen molar-refractivity contribution < 1.29 is 18.0 Å². The van der Waals surface area contributed by atoms with E-state index in [4.69, 9.17) is 16.0 Å². The van der Waals surface area contributed by atoms with Crippen LogP contribution in [0.3, 0.4) is 0 Å². The summed E-state index contributed by atoms with van der Waals surface area (Å²) < 4.78 is 33.7. The van der Waals surface area contributed by atoms with E-state index in [-0.39, 0.29) is 17.9 Å². The van der Waals surface area contributed by atoms with Crippen molar-refractivity contribution in [2.45, 2.75) is 20.4 Å². The fraction of sp³-hybridized carbons (Fsp3) is 0.143. The van der Waals surface area contributed by atoms with Gasteiger partial charge in [-0.2, -0.15) is 0 Å². The molecule has 2 aromatic heterocycles. The number of hydrogen-bond donors (Lipinski definition) is 1. The Morgan fingerprint density at radius 3 is 2.71 bits per heavy atom. The van der Waals surface area contributed by atoms with E-state index >= 15 is 0 Å². The quantitative estimate of drug-likeness (QED) is 0.479. The molecule has 0 fully saturated rings. The first kappa shape index (κ1) is 20.7. The fourth-order valence-electron chi connectivity index (χ4n) is 2.95. The van der Waals surface area contributed by atoms with Gasteiger partial charge >= 0.3 is 0 Å². The standard InChI is InChI=1S/C21H16ClF2N5O2/c1-11-19(20(30)25-15-6-7-16(23)17(24)9-15)27-28-29(11)10-18-12(2)31-21(26-18)13-4-3-5-14(22)8-13/h3-9H,10H2,1-2H3,(H,25,30). The van der Waals surface area contributed by atoms with E-state index in [1.54, 1.807) is 32.0 Å². The second-order valence-electron chi connectivity index (χ2n) is 6.80. The van der Waals surface area contributed by atoms with Crippen LogP contribution in [0.2, 0.25) is 5.02 Å². The summed E-state index contributed by atoms with van der Waals surface area (Å²) in [5.41, 5.74) is 2.00. The van der Waals surface area contributed by atoms with Crippen LogP contribution in [0, 0.1) is 25.5 Å². The molecule has 1 amide bonds. The number of aromatic nitrogens is 4. The van der Waals surface area contributed by atoms with Crippen molar-refractivity contribution in [2.75, 3.05) is 5.32 Å². The fourth-order valence-corrected chi connectivity index (χ4v) is 3.14. The zero-order chi connectivity index (χ0) is 22.1. The van der Waals surface area contributed by atoms with Crippen LogP contribution in [0.15, 0.2) is 46.9 Å². The van der Waals surface area contributed by atoms with Gasteiger partial charge in [0.1, 0.15) is 11.5 Å². The van der Waals surface area contributed by atoms with E-state index in [1.165, 1.54) is 10.7 Å². The number of halogens is 3. The maximum atomic E-state index is 13.4. The van der Waals surface area contributed by atoms with Crippen molar-refractivity contribution in [1.29, 1.82) is 0 Å². The third-order valence-corrected chi connectivity index (χ3v) is 4.87. The van der Waals surface area contributed by atoms with Crippen LogP contribution in [-0.4, -0.2) is 25.9 Å². The van der Waals surface area contributed by atoms with Gasteiger partial charge in [0.15, 0.2) is 17.3 Å². The van der Waals surface area contributed by atoms with Gasteiger partial charge < -0.3 is 9.73 Å². The molecule has 7 nitrogen and oxygen atoms in total. The minimum Gasteiger partial charge on any atom is -0.441 e. The largest absolute Gasteiger partial charge is 0.441 e. The highest BCUT2D eigenvalue weighted by Crippen LogP contribution is 2.25. The lowest BCUT2D eigenvalue weighted by Gasteiger charge is -2.05. The van der Waals surface area contributed by atoms with Gasteiger partial charge in [-0.15, -0.1) is 5.10 Å². The van der Waals surface area contributed by atoms with Crippen molar-refractivity contribution in [3.05, 3.63) is 82.0 Å². The second-order valence-corrected chi connectivity index (χ2v) is 7.23. The van der Waals surface area contributed by atoms with Gasteiger partial charge in [0.05, 0.1) is 12.2 Å². The van der Waals surface area contributed by atoms with Gasteiger partial charge in [-0.1, -0.05) is 22.9 Å². The molecule has 0 radical (unpaired) electrons. The van der Waals surface area contributed by atoms with Crippen molar-refractivity contribution in [3.8, 4) is 11.5 Å². The van der Waals surface area contributed by atoms with Crippen LogP contribution in [0.1, 0.15) is 27.6 Å². The molecule has 0 atom stereocenters. The molecule has 4 aromatic rings. The highest BCUT2D eigenvalue weighted by atomic mass is 35.5. The molecule has 10 heteroatoms. The molecule has 0 bridgehead atoms. The van der Waals surface area contributed by atoms with E-state index in [9.17, 15) is 13.6 Å². The molecule has 0 spiro atoms. The summed E-state index contributed by atoms with van der Waals surface area (Å²) in [5, 5.41) is 11.0. The molecule has 2 heterocycles. The van der Waals surface area contributed by atoms with Crippen LogP contribution in [0.5, 0.6) is 0 Å². The molecule has 0 saturated carbocycles. The molecule has 0 aliphatic carbocycles. The summed E-state index contributed by atoms with van der Waals surface area (Å²) in [6.45, 7) is 3.68. The molecule has 0 saturated heterocycles. The lowest BCUT2D eigenvalue weighted by Crippen LogP contribution is -2.15. The Labute approximate surface area is 180 Å². The van der Waals surface area contributed by atoms with E-state index in [1.807, 2.05) is 6.07 Å². The molecule has 158 valence electrons. The lowest BCUT2D eigenvalue weighted by atomic mass is 10.2. The van der Waals surface area contributed by atoms with Gasteiger partial charge in [-0.3, -0.25) is 4.79 Å². The minimum atomic E-state index is -1.06. The maximum Gasteiger partial charge on any atom is 0.278 e. The third-order valence-electron chi connectivity index (χ3n) is 4.64. The summed E-state index contributed by atoms with van der Waals surface area (Å²) in [5.74, 6) is -1.64. The third kappa shape index (κ3) is 4.31. The number of carbonyl (C=O) groups excluding carboxylic acids is 1. The Balaban J connectivity index is 1.53. The molecular formula is C21H16ClF2N5O2. The average molecular weight is 444 g/mol. The number of hydrogen-bond acceptors (Lipinski definition) is 5. The van der Waals surface area contributed by atoms with Crippen LogP contribution in [-0.2, 0) is 6.54 Å². The van der Waals surface area contributed by atoms with Crippen molar-refractivity contribution >= 4 is 23.2 Å². The van der Waals surface area contributed by atoms with Crippen molar-refractivity contribution in [3.63, 3.8) is 0 Å². The van der Waals surface area contributed by atoms with Gasteiger partial charge in [0, 0.05) is 22.3 Å². The summed E-state index contributed by atoms with van der Waals surface area (Å²) in [7, 11) is 0. The Morgan fingerprint density at radius 1 is 1.16 bits per heavy atom. The first-order valence-corrected chi connectivity index (χ1v) is 9.58. The smallest absolute Gasteiger partial charge is 0.278 e. The SMILES string of the molecule is Cc1oc(-c2cccc(Cl)c2)nc1Cn1nnc(C(=O)Nc2ccc(F)c(F)c2)c1C. The molecule has 1 N–H and O–H groups in total. The Morgan fingerprint density at radius 2 is 1.97 bits per heavy atom. The Hall–Kier alpha value is -3.59. The first-order chi connectivity index (χ1) is 14.8. The number of rotatable bonds is 5. The van der Waals surface area contributed by atoms with Crippen molar-refractivity contribution in [1.82, 2.24) is 20.0 Å². The van der Waals surface area contributed by atoms with Crippen LogP contribution >= 0.6 is 11.6 Å². The average Bonchev–Trinajstić information content (AvgIpc) is 3.28. The monoisotopic (exact) mass is 443 g/mol. The molecule has 0 aliphatic rings. The lowest BCUT2D eigenvalue weighted by molar-refractivity contribution is 0.102. The van der Waals surface area contributed by atoms with Crippen LogP contribution < -0.4 is 5.32 Å². The normalized spacial score (nSPS) is 11.0. The van der Waals surface area contributed by atoms with Crippen molar-refractivity contribution in [2.24, 2.45) is 0 Å². The number of nitrogens with one attached hydrogen (secondary N) is 1. The highest BCUT2D eigenvalue weighted by Gasteiger charge is 2.19. The van der Waals surface area contributed by atoms with E-state index in [0.717, 1.165) is 17.7 Å². The summed E-state index contributed by atoms with van der Waals surface area (Å²) in [4.78, 5) is 17.0.